The Kier molecular flexibility index (Phi) is 3.67. The number of likely N-dealkylation sites (N-methyl/N-ethyl adjacent to an activating group) is 1. The van der Waals surface area contributed by atoms with E-state index in [4.69, 9.17) is 0 Å². The fourth-order valence-corrected chi connectivity index (χ4v) is 4.68. The Balaban J connectivity index is 1.78. The first-order valence-corrected chi connectivity index (χ1v) is 8.75. The molecule has 2 atom stereocenters. The highest BCUT2D eigenvalue weighted by Crippen LogP contribution is 2.46. The minimum absolute atomic E-state index is 0.0742. The molecule has 2 nitrogen and oxygen atoms in total. The molecule has 1 aliphatic carbocycles. The summed E-state index contributed by atoms with van der Waals surface area (Å²) >= 11 is 0. The van der Waals surface area contributed by atoms with Crippen molar-refractivity contribution in [3.05, 3.63) is 59.2 Å². The number of fused-ring (bicyclic) bond motifs is 3. The topological polar surface area (TPSA) is 20.3 Å². The first-order valence-electron chi connectivity index (χ1n) is 8.75. The maximum Gasteiger partial charge on any atom is 0.222 e. The van der Waals surface area contributed by atoms with Gasteiger partial charge in [0.15, 0.2) is 11.6 Å². The summed E-state index contributed by atoms with van der Waals surface area (Å²) in [4.78, 5) is 14.0. The molecule has 0 aromatic heterocycles. The van der Waals surface area contributed by atoms with Crippen LogP contribution in [0.1, 0.15) is 37.3 Å². The Hall–Kier alpha value is -2.23. The van der Waals surface area contributed by atoms with Crippen molar-refractivity contribution in [2.45, 2.75) is 44.1 Å². The fraction of sp³-hybridized carbons (Fsp3) is 0.381. The van der Waals surface area contributed by atoms with Gasteiger partial charge in [0.05, 0.1) is 0 Å². The molecule has 0 saturated carbocycles. The molecule has 1 amide bonds. The number of nitrogens with zero attached hydrogens (tertiary/aromatic N) is 1. The van der Waals surface area contributed by atoms with Crippen molar-refractivity contribution in [3.8, 4) is 11.1 Å². The van der Waals surface area contributed by atoms with Crippen LogP contribution in [-0.4, -0.2) is 23.9 Å². The van der Waals surface area contributed by atoms with Crippen molar-refractivity contribution in [2.24, 2.45) is 0 Å². The number of carbonyl (C=O) groups is 1. The molecule has 2 aliphatic rings. The molecule has 0 bridgehead atoms. The Morgan fingerprint density at radius 1 is 1.16 bits per heavy atom. The van der Waals surface area contributed by atoms with Gasteiger partial charge in [-0.15, -0.1) is 0 Å². The molecule has 0 radical (unpaired) electrons. The number of amides is 1. The van der Waals surface area contributed by atoms with Crippen molar-refractivity contribution >= 4 is 5.91 Å². The average Bonchev–Trinajstić information content (AvgIpc) is 2.60. The number of aryl methyl sites for hydroxylation is 1. The number of hydrogen-bond acceptors (Lipinski definition) is 1. The summed E-state index contributed by atoms with van der Waals surface area (Å²) in [6.07, 6.45) is 3.14. The van der Waals surface area contributed by atoms with Crippen LogP contribution in [0.3, 0.4) is 0 Å². The van der Waals surface area contributed by atoms with Crippen molar-refractivity contribution < 1.29 is 13.6 Å². The van der Waals surface area contributed by atoms with Crippen LogP contribution in [0.2, 0.25) is 0 Å². The maximum atomic E-state index is 14.1. The number of halogens is 2. The van der Waals surface area contributed by atoms with E-state index in [1.807, 2.05) is 30.1 Å². The van der Waals surface area contributed by atoms with Crippen molar-refractivity contribution in [2.75, 3.05) is 7.05 Å². The van der Waals surface area contributed by atoms with E-state index in [9.17, 15) is 13.6 Å². The molecule has 4 heteroatoms. The van der Waals surface area contributed by atoms with Gasteiger partial charge >= 0.3 is 0 Å². The van der Waals surface area contributed by atoms with Crippen LogP contribution in [0, 0.1) is 11.6 Å². The highest BCUT2D eigenvalue weighted by molar-refractivity contribution is 5.78. The molecule has 2 aromatic rings. The number of likely N-dealkylation sites (tertiary alicyclic amines) is 1. The van der Waals surface area contributed by atoms with E-state index in [-0.39, 0.29) is 17.4 Å². The average molecular weight is 341 g/mol. The highest BCUT2D eigenvalue weighted by atomic mass is 19.2. The second-order valence-corrected chi connectivity index (χ2v) is 7.45. The van der Waals surface area contributed by atoms with Gasteiger partial charge in [-0.3, -0.25) is 4.79 Å². The predicted octanol–water partition coefficient (Wildman–Crippen LogP) is 4.46. The monoisotopic (exact) mass is 341 g/mol. The summed E-state index contributed by atoms with van der Waals surface area (Å²) in [7, 11) is 1.89. The van der Waals surface area contributed by atoms with Crippen molar-refractivity contribution in [1.82, 2.24) is 4.90 Å². The smallest absolute Gasteiger partial charge is 0.222 e. The standard InChI is InChI=1S/C21H21F2NO/c1-21-11-10-19(25)24(2)18(21)9-7-14-12-13(6-8-16(14)21)15-4-3-5-17(22)20(15)23/h3-6,8,12,18H,7,9-11H2,1-2H3/t18-,21-/m1/s1. The molecule has 0 unspecified atom stereocenters. The molecule has 0 N–H and O–H groups in total. The Bertz CT molecular complexity index is 863. The lowest BCUT2D eigenvalue weighted by molar-refractivity contribution is -0.138. The molecule has 1 aliphatic heterocycles. The SMILES string of the molecule is CN1C(=O)CC[C@]2(C)c3ccc(-c4cccc(F)c4F)cc3CC[C@@H]12. The lowest BCUT2D eigenvalue weighted by Gasteiger charge is -2.50. The third-order valence-corrected chi connectivity index (χ3v) is 6.12. The number of hydrogen-bond donors (Lipinski definition) is 0. The van der Waals surface area contributed by atoms with E-state index in [1.54, 1.807) is 6.07 Å². The summed E-state index contributed by atoms with van der Waals surface area (Å²) in [5.74, 6) is -1.41. The van der Waals surface area contributed by atoms with Gasteiger partial charge in [0, 0.05) is 30.5 Å². The largest absolute Gasteiger partial charge is 0.342 e. The van der Waals surface area contributed by atoms with E-state index in [2.05, 4.69) is 6.92 Å². The van der Waals surface area contributed by atoms with Crippen molar-refractivity contribution in [3.63, 3.8) is 0 Å². The third kappa shape index (κ3) is 2.38. The van der Waals surface area contributed by atoms with E-state index in [0.29, 0.717) is 17.5 Å². The van der Waals surface area contributed by atoms with Crippen LogP contribution in [0.25, 0.3) is 11.1 Å². The lowest BCUT2D eigenvalue weighted by Crippen LogP contribution is -2.56. The Morgan fingerprint density at radius 3 is 2.76 bits per heavy atom. The van der Waals surface area contributed by atoms with Crippen LogP contribution in [0.4, 0.5) is 8.78 Å². The van der Waals surface area contributed by atoms with Gasteiger partial charge in [0.25, 0.3) is 0 Å². The summed E-state index contributed by atoms with van der Waals surface area (Å²) in [5.41, 5.74) is 3.35. The molecule has 4 rings (SSSR count). The quantitative estimate of drug-likeness (QED) is 0.750. The van der Waals surface area contributed by atoms with E-state index in [0.717, 1.165) is 25.3 Å². The van der Waals surface area contributed by atoms with Crippen LogP contribution in [0.5, 0.6) is 0 Å². The zero-order valence-corrected chi connectivity index (χ0v) is 14.5. The van der Waals surface area contributed by atoms with Gasteiger partial charge in [-0.25, -0.2) is 8.78 Å². The minimum atomic E-state index is -0.824. The molecule has 1 saturated heterocycles. The number of piperidine rings is 1. The maximum absolute atomic E-state index is 14.1. The van der Waals surface area contributed by atoms with Crippen LogP contribution in [0.15, 0.2) is 36.4 Å². The summed E-state index contributed by atoms with van der Waals surface area (Å²) in [6, 6.07) is 10.4. The van der Waals surface area contributed by atoms with Gasteiger partial charge < -0.3 is 4.90 Å². The third-order valence-electron chi connectivity index (χ3n) is 6.12. The van der Waals surface area contributed by atoms with Crippen LogP contribution < -0.4 is 0 Å². The van der Waals surface area contributed by atoms with E-state index < -0.39 is 11.6 Å². The Labute approximate surface area is 146 Å². The van der Waals surface area contributed by atoms with Gasteiger partial charge in [0.1, 0.15) is 0 Å². The predicted molar refractivity (Wildman–Crippen MR) is 93.3 cm³/mol. The van der Waals surface area contributed by atoms with Gasteiger partial charge in [-0.2, -0.15) is 0 Å². The lowest BCUT2D eigenvalue weighted by atomic mass is 9.63. The normalized spacial score (nSPS) is 25.5. The molecular weight excluding hydrogens is 320 g/mol. The molecule has 25 heavy (non-hydrogen) atoms. The molecule has 130 valence electrons. The van der Waals surface area contributed by atoms with Crippen molar-refractivity contribution in [1.29, 1.82) is 0 Å². The van der Waals surface area contributed by atoms with E-state index in [1.165, 1.54) is 17.2 Å². The summed E-state index contributed by atoms with van der Waals surface area (Å²) < 4.78 is 27.7. The molecule has 2 aromatic carbocycles. The second-order valence-electron chi connectivity index (χ2n) is 7.45. The molecule has 0 spiro atoms. The van der Waals surface area contributed by atoms with Crippen LogP contribution in [-0.2, 0) is 16.6 Å². The number of rotatable bonds is 1. The number of carbonyl (C=O) groups excluding carboxylic acids is 1. The van der Waals surface area contributed by atoms with Crippen LogP contribution >= 0.6 is 0 Å². The molecular formula is C21H21F2NO. The zero-order valence-electron chi connectivity index (χ0n) is 14.5. The summed E-state index contributed by atoms with van der Waals surface area (Å²) in [5, 5.41) is 0. The first-order chi connectivity index (χ1) is 11.9. The van der Waals surface area contributed by atoms with E-state index >= 15 is 0 Å². The van der Waals surface area contributed by atoms with Gasteiger partial charge in [-0.1, -0.05) is 37.3 Å². The Morgan fingerprint density at radius 2 is 1.96 bits per heavy atom. The molecule has 1 fully saturated rings. The summed E-state index contributed by atoms with van der Waals surface area (Å²) in [6.45, 7) is 2.22. The van der Waals surface area contributed by atoms with Gasteiger partial charge in [-0.05, 0) is 42.0 Å². The fourth-order valence-electron chi connectivity index (χ4n) is 4.68. The minimum Gasteiger partial charge on any atom is -0.342 e. The first kappa shape index (κ1) is 16.2. The van der Waals surface area contributed by atoms with Gasteiger partial charge in [0.2, 0.25) is 5.91 Å². The number of benzene rings is 2. The zero-order chi connectivity index (χ0) is 17.8. The second kappa shape index (κ2) is 5.65. The highest BCUT2D eigenvalue weighted by Gasteiger charge is 2.46. The molecule has 1 heterocycles.